The maximum atomic E-state index is 4.34. The van der Waals surface area contributed by atoms with Crippen molar-refractivity contribution in [1.82, 2.24) is 20.1 Å². The van der Waals surface area contributed by atoms with E-state index in [-0.39, 0.29) is 6.04 Å². The third-order valence-corrected chi connectivity index (χ3v) is 2.82. The van der Waals surface area contributed by atoms with E-state index in [1.807, 2.05) is 41.3 Å². The summed E-state index contributed by atoms with van der Waals surface area (Å²) in [7, 11) is 0. The van der Waals surface area contributed by atoms with E-state index in [4.69, 9.17) is 0 Å². The Morgan fingerprint density at radius 3 is 2.88 bits per heavy atom. The normalized spacial score (nSPS) is 12.6. The number of nitrogens with one attached hydrogen (secondary N) is 1. The zero-order valence-electron chi connectivity index (χ0n) is 10.3. The highest BCUT2D eigenvalue weighted by Crippen LogP contribution is 2.09. The molecule has 0 amide bonds. The summed E-state index contributed by atoms with van der Waals surface area (Å²) < 4.78 is 2.00. The number of aryl methyl sites for hydroxylation is 1. The van der Waals surface area contributed by atoms with Crippen molar-refractivity contribution < 1.29 is 0 Å². The van der Waals surface area contributed by atoms with E-state index in [1.54, 1.807) is 0 Å². The van der Waals surface area contributed by atoms with Gasteiger partial charge in [-0.25, -0.2) is 0 Å². The second-order valence-corrected chi connectivity index (χ2v) is 4.00. The molecule has 0 bridgehead atoms. The first-order valence-electron chi connectivity index (χ1n) is 5.96. The summed E-state index contributed by atoms with van der Waals surface area (Å²) in [5.74, 6) is 0. The van der Waals surface area contributed by atoms with Crippen molar-refractivity contribution in [1.29, 1.82) is 0 Å². The van der Waals surface area contributed by atoms with Crippen molar-refractivity contribution in [2.45, 2.75) is 33.0 Å². The lowest BCUT2D eigenvalue weighted by Gasteiger charge is -2.13. The Hall–Kier alpha value is -1.68. The van der Waals surface area contributed by atoms with Gasteiger partial charge in [0.05, 0.1) is 11.4 Å². The van der Waals surface area contributed by atoms with Crippen LogP contribution >= 0.6 is 0 Å². The summed E-state index contributed by atoms with van der Waals surface area (Å²) in [4.78, 5) is 4.34. The quantitative estimate of drug-likeness (QED) is 0.855. The number of hydrogen-bond donors (Lipinski definition) is 1. The molecule has 0 saturated carbocycles. The van der Waals surface area contributed by atoms with Crippen LogP contribution in [-0.2, 0) is 13.1 Å². The molecule has 4 nitrogen and oxygen atoms in total. The third kappa shape index (κ3) is 2.91. The van der Waals surface area contributed by atoms with Crippen LogP contribution in [0.15, 0.2) is 36.7 Å². The SMILES string of the molecule is CCn1nccc1CNC(C)c1ccccn1. The average molecular weight is 230 g/mol. The van der Waals surface area contributed by atoms with Crippen LogP contribution in [0.2, 0.25) is 0 Å². The molecule has 0 radical (unpaired) electrons. The van der Waals surface area contributed by atoms with E-state index in [0.717, 1.165) is 18.8 Å². The lowest BCUT2D eigenvalue weighted by atomic mass is 10.2. The fraction of sp³-hybridized carbons (Fsp3) is 0.385. The van der Waals surface area contributed by atoms with Crippen LogP contribution in [-0.4, -0.2) is 14.8 Å². The zero-order valence-corrected chi connectivity index (χ0v) is 10.3. The van der Waals surface area contributed by atoms with E-state index in [9.17, 15) is 0 Å². The maximum Gasteiger partial charge on any atom is 0.0570 e. The molecule has 17 heavy (non-hydrogen) atoms. The number of rotatable bonds is 5. The van der Waals surface area contributed by atoms with Crippen molar-refractivity contribution in [3.63, 3.8) is 0 Å². The summed E-state index contributed by atoms with van der Waals surface area (Å²) in [6, 6.07) is 8.27. The minimum absolute atomic E-state index is 0.247. The molecule has 1 unspecified atom stereocenters. The molecule has 0 saturated heterocycles. The van der Waals surface area contributed by atoms with Crippen molar-refractivity contribution in [3.05, 3.63) is 48.0 Å². The summed E-state index contributed by atoms with van der Waals surface area (Å²) in [5.41, 5.74) is 2.27. The highest BCUT2D eigenvalue weighted by atomic mass is 15.3. The van der Waals surface area contributed by atoms with Gasteiger partial charge in [0.25, 0.3) is 0 Å². The molecule has 0 spiro atoms. The highest BCUT2D eigenvalue weighted by Gasteiger charge is 2.07. The maximum absolute atomic E-state index is 4.34. The van der Waals surface area contributed by atoms with Gasteiger partial charge in [-0.2, -0.15) is 5.10 Å². The predicted molar refractivity (Wildman–Crippen MR) is 67.4 cm³/mol. The fourth-order valence-electron chi connectivity index (χ4n) is 1.79. The second-order valence-electron chi connectivity index (χ2n) is 4.00. The summed E-state index contributed by atoms with van der Waals surface area (Å²) in [6.45, 7) is 5.93. The van der Waals surface area contributed by atoms with E-state index < -0.39 is 0 Å². The summed E-state index contributed by atoms with van der Waals surface area (Å²) in [6.07, 6.45) is 3.66. The Balaban J connectivity index is 1.95. The van der Waals surface area contributed by atoms with Gasteiger partial charge in [-0.15, -0.1) is 0 Å². The van der Waals surface area contributed by atoms with Crippen molar-refractivity contribution in [3.8, 4) is 0 Å². The van der Waals surface area contributed by atoms with Gasteiger partial charge in [0, 0.05) is 31.5 Å². The topological polar surface area (TPSA) is 42.7 Å². The van der Waals surface area contributed by atoms with Crippen LogP contribution in [0.25, 0.3) is 0 Å². The molecule has 2 heterocycles. The van der Waals surface area contributed by atoms with Crippen LogP contribution in [0.4, 0.5) is 0 Å². The van der Waals surface area contributed by atoms with Gasteiger partial charge in [0.1, 0.15) is 0 Å². The molecular weight excluding hydrogens is 212 g/mol. The number of hydrogen-bond acceptors (Lipinski definition) is 3. The first-order chi connectivity index (χ1) is 8.31. The molecule has 0 aliphatic rings. The standard InChI is InChI=1S/C13H18N4/c1-3-17-12(7-9-16-17)10-15-11(2)13-6-4-5-8-14-13/h4-9,11,15H,3,10H2,1-2H3. The lowest BCUT2D eigenvalue weighted by molar-refractivity contribution is 0.524. The predicted octanol–water partition coefficient (Wildman–Crippen LogP) is 2.15. The van der Waals surface area contributed by atoms with Gasteiger partial charge in [-0.05, 0) is 32.0 Å². The molecule has 2 aromatic rings. The van der Waals surface area contributed by atoms with Crippen molar-refractivity contribution >= 4 is 0 Å². The Kier molecular flexibility index (Phi) is 3.88. The first-order valence-corrected chi connectivity index (χ1v) is 5.96. The number of nitrogens with zero attached hydrogens (tertiary/aromatic N) is 3. The van der Waals surface area contributed by atoms with Crippen LogP contribution in [0.5, 0.6) is 0 Å². The van der Waals surface area contributed by atoms with E-state index in [0.29, 0.717) is 0 Å². The molecule has 1 N–H and O–H groups in total. The number of pyridine rings is 1. The average Bonchev–Trinajstić information content (AvgIpc) is 2.84. The Bertz CT molecular complexity index is 449. The fourth-order valence-corrected chi connectivity index (χ4v) is 1.79. The monoisotopic (exact) mass is 230 g/mol. The zero-order chi connectivity index (χ0) is 12.1. The first kappa shape index (κ1) is 11.8. The second kappa shape index (κ2) is 5.59. The third-order valence-electron chi connectivity index (χ3n) is 2.82. The summed E-state index contributed by atoms with van der Waals surface area (Å²) >= 11 is 0. The number of aromatic nitrogens is 3. The lowest BCUT2D eigenvalue weighted by Crippen LogP contribution is -2.21. The molecule has 1 atom stereocenters. The van der Waals surface area contributed by atoms with Crippen LogP contribution in [0, 0.1) is 0 Å². The molecule has 0 fully saturated rings. The van der Waals surface area contributed by atoms with Crippen LogP contribution in [0.3, 0.4) is 0 Å². The van der Waals surface area contributed by atoms with Gasteiger partial charge in [0.2, 0.25) is 0 Å². The minimum Gasteiger partial charge on any atom is -0.303 e. The van der Waals surface area contributed by atoms with Crippen molar-refractivity contribution in [2.24, 2.45) is 0 Å². The molecule has 90 valence electrons. The van der Waals surface area contributed by atoms with E-state index >= 15 is 0 Å². The summed E-state index contributed by atoms with van der Waals surface area (Å²) in [5, 5.41) is 7.70. The Morgan fingerprint density at radius 2 is 2.18 bits per heavy atom. The Morgan fingerprint density at radius 1 is 1.29 bits per heavy atom. The van der Waals surface area contributed by atoms with Gasteiger partial charge in [-0.1, -0.05) is 6.07 Å². The molecule has 0 aliphatic heterocycles. The minimum atomic E-state index is 0.247. The molecule has 2 rings (SSSR count). The molecule has 0 aromatic carbocycles. The van der Waals surface area contributed by atoms with Crippen LogP contribution < -0.4 is 5.32 Å². The molecule has 2 aromatic heterocycles. The van der Waals surface area contributed by atoms with E-state index in [1.165, 1.54) is 5.69 Å². The molecule has 4 heteroatoms. The van der Waals surface area contributed by atoms with E-state index in [2.05, 4.69) is 29.2 Å². The Labute approximate surface area is 102 Å². The van der Waals surface area contributed by atoms with Crippen LogP contribution in [0.1, 0.15) is 31.3 Å². The van der Waals surface area contributed by atoms with Gasteiger partial charge in [0.15, 0.2) is 0 Å². The smallest absolute Gasteiger partial charge is 0.0570 e. The highest BCUT2D eigenvalue weighted by molar-refractivity contribution is 5.08. The van der Waals surface area contributed by atoms with Gasteiger partial charge < -0.3 is 5.32 Å². The molecule has 0 aliphatic carbocycles. The van der Waals surface area contributed by atoms with Gasteiger partial charge >= 0.3 is 0 Å². The largest absolute Gasteiger partial charge is 0.303 e. The van der Waals surface area contributed by atoms with Crippen molar-refractivity contribution in [2.75, 3.05) is 0 Å². The van der Waals surface area contributed by atoms with Gasteiger partial charge in [-0.3, -0.25) is 9.67 Å². The molecular formula is C13H18N4.